The molecular formula is C11H15ClO. The van der Waals surface area contributed by atoms with E-state index in [-0.39, 0.29) is 0 Å². The number of rotatable bonds is 6. The van der Waals surface area contributed by atoms with Crippen LogP contribution < -0.4 is 0 Å². The Morgan fingerprint density at radius 3 is 2.54 bits per heavy atom. The largest absolute Gasteiger partial charge is 0.377 e. The highest BCUT2D eigenvalue weighted by Crippen LogP contribution is 2.01. The Bertz CT molecular complexity index is 211. The van der Waals surface area contributed by atoms with Gasteiger partial charge in [0.05, 0.1) is 6.61 Å². The van der Waals surface area contributed by atoms with Gasteiger partial charge in [-0.25, -0.2) is 0 Å². The maximum atomic E-state index is 5.54. The van der Waals surface area contributed by atoms with Crippen molar-refractivity contribution in [1.82, 2.24) is 0 Å². The summed E-state index contributed by atoms with van der Waals surface area (Å²) in [6.45, 7) is 1.52. The second-order valence-corrected chi connectivity index (χ2v) is 3.31. The number of unbranched alkanes of at least 4 members (excludes halogenated alkanes) is 1. The summed E-state index contributed by atoms with van der Waals surface area (Å²) in [5.41, 5.74) is 1.23. The zero-order chi connectivity index (χ0) is 9.36. The van der Waals surface area contributed by atoms with Gasteiger partial charge in [0.2, 0.25) is 0 Å². The SMILES string of the molecule is ClCCCCOCc1ccccc1. The Balaban J connectivity index is 2.07. The van der Waals surface area contributed by atoms with E-state index in [4.69, 9.17) is 16.3 Å². The number of benzene rings is 1. The van der Waals surface area contributed by atoms with Crippen LogP contribution in [0.4, 0.5) is 0 Å². The van der Waals surface area contributed by atoms with Crippen LogP contribution in [0.5, 0.6) is 0 Å². The quantitative estimate of drug-likeness (QED) is 0.504. The van der Waals surface area contributed by atoms with Gasteiger partial charge < -0.3 is 4.74 Å². The fraction of sp³-hybridized carbons (Fsp3) is 0.455. The molecule has 0 aliphatic heterocycles. The average Bonchev–Trinajstić information content (AvgIpc) is 2.19. The minimum atomic E-state index is 0.711. The smallest absolute Gasteiger partial charge is 0.0716 e. The van der Waals surface area contributed by atoms with Crippen molar-refractivity contribution in [1.29, 1.82) is 0 Å². The molecule has 0 atom stereocenters. The van der Waals surface area contributed by atoms with Crippen molar-refractivity contribution in [2.24, 2.45) is 0 Å². The molecule has 0 radical (unpaired) electrons. The third kappa shape index (κ3) is 4.91. The van der Waals surface area contributed by atoms with Gasteiger partial charge in [-0.2, -0.15) is 0 Å². The normalized spacial score (nSPS) is 10.2. The molecule has 0 aromatic heterocycles. The predicted molar refractivity (Wildman–Crippen MR) is 56.1 cm³/mol. The highest BCUT2D eigenvalue weighted by atomic mass is 35.5. The highest BCUT2D eigenvalue weighted by Gasteiger charge is 1.91. The number of halogens is 1. The molecule has 0 fully saturated rings. The molecule has 13 heavy (non-hydrogen) atoms. The first-order chi connectivity index (χ1) is 6.43. The molecule has 0 saturated carbocycles. The van der Waals surface area contributed by atoms with E-state index in [1.54, 1.807) is 0 Å². The Kier molecular flexibility index (Phi) is 5.62. The molecule has 1 nitrogen and oxygen atoms in total. The topological polar surface area (TPSA) is 9.23 Å². The van der Waals surface area contributed by atoms with Crippen molar-refractivity contribution in [3.05, 3.63) is 35.9 Å². The molecule has 2 heteroatoms. The van der Waals surface area contributed by atoms with E-state index in [1.807, 2.05) is 18.2 Å². The van der Waals surface area contributed by atoms with Gasteiger partial charge in [0.15, 0.2) is 0 Å². The van der Waals surface area contributed by atoms with E-state index < -0.39 is 0 Å². The van der Waals surface area contributed by atoms with Crippen molar-refractivity contribution in [2.45, 2.75) is 19.4 Å². The summed E-state index contributed by atoms with van der Waals surface area (Å²) in [6, 6.07) is 10.2. The first-order valence-electron chi connectivity index (χ1n) is 4.61. The minimum absolute atomic E-state index is 0.711. The van der Waals surface area contributed by atoms with E-state index in [2.05, 4.69) is 12.1 Å². The third-order valence-electron chi connectivity index (χ3n) is 1.78. The lowest BCUT2D eigenvalue weighted by molar-refractivity contribution is 0.118. The molecular weight excluding hydrogens is 184 g/mol. The van der Waals surface area contributed by atoms with Gasteiger partial charge in [-0.1, -0.05) is 30.3 Å². The molecule has 0 aliphatic rings. The molecule has 72 valence electrons. The number of hydrogen-bond acceptors (Lipinski definition) is 1. The van der Waals surface area contributed by atoms with E-state index in [0.29, 0.717) is 6.61 Å². The summed E-state index contributed by atoms with van der Waals surface area (Å²) in [4.78, 5) is 0. The zero-order valence-corrected chi connectivity index (χ0v) is 8.46. The van der Waals surface area contributed by atoms with Gasteiger partial charge in [0.25, 0.3) is 0 Å². The van der Waals surface area contributed by atoms with Crippen LogP contribution in [0.25, 0.3) is 0 Å². The van der Waals surface area contributed by atoms with Gasteiger partial charge in [0, 0.05) is 12.5 Å². The van der Waals surface area contributed by atoms with Crippen LogP contribution in [0, 0.1) is 0 Å². The average molecular weight is 199 g/mol. The van der Waals surface area contributed by atoms with Crippen molar-refractivity contribution in [3.63, 3.8) is 0 Å². The van der Waals surface area contributed by atoms with Crippen LogP contribution in [0.1, 0.15) is 18.4 Å². The molecule has 0 heterocycles. The van der Waals surface area contributed by atoms with Gasteiger partial charge >= 0.3 is 0 Å². The van der Waals surface area contributed by atoms with Crippen LogP contribution in [0.3, 0.4) is 0 Å². The fourth-order valence-electron chi connectivity index (χ4n) is 1.06. The Morgan fingerprint density at radius 2 is 1.85 bits per heavy atom. The number of ether oxygens (including phenoxy) is 1. The van der Waals surface area contributed by atoms with Gasteiger partial charge in [0.1, 0.15) is 0 Å². The first-order valence-corrected chi connectivity index (χ1v) is 5.14. The summed E-state index contributed by atoms with van der Waals surface area (Å²) >= 11 is 5.54. The summed E-state index contributed by atoms with van der Waals surface area (Å²) < 4.78 is 5.46. The van der Waals surface area contributed by atoms with Crippen molar-refractivity contribution >= 4 is 11.6 Å². The van der Waals surface area contributed by atoms with E-state index in [9.17, 15) is 0 Å². The Morgan fingerprint density at radius 1 is 1.08 bits per heavy atom. The lowest BCUT2D eigenvalue weighted by atomic mass is 10.2. The van der Waals surface area contributed by atoms with Gasteiger partial charge in [-0.15, -0.1) is 11.6 Å². The van der Waals surface area contributed by atoms with E-state index in [1.165, 1.54) is 5.56 Å². The summed E-state index contributed by atoms with van der Waals surface area (Å²) in [5.74, 6) is 0.731. The standard InChI is InChI=1S/C11H15ClO/c12-8-4-5-9-13-10-11-6-2-1-3-7-11/h1-3,6-7H,4-5,8-10H2. The third-order valence-corrected chi connectivity index (χ3v) is 2.05. The zero-order valence-electron chi connectivity index (χ0n) is 7.71. The Labute approximate surface area is 84.7 Å². The second kappa shape index (κ2) is 6.93. The molecule has 0 bridgehead atoms. The van der Waals surface area contributed by atoms with Crippen LogP contribution in [-0.2, 0) is 11.3 Å². The van der Waals surface area contributed by atoms with E-state index >= 15 is 0 Å². The van der Waals surface area contributed by atoms with Crippen molar-refractivity contribution in [3.8, 4) is 0 Å². The van der Waals surface area contributed by atoms with Gasteiger partial charge in [-0.05, 0) is 18.4 Å². The summed E-state index contributed by atoms with van der Waals surface area (Å²) in [6.07, 6.45) is 2.09. The first kappa shape index (κ1) is 10.6. The molecule has 0 spiro atoms. The maximum absolute atomic E-state index is 5.54. The minimum Gasteiger partial charge on any atom is -0.377 e. The second-order valence-electron chi connectivity index (χ2n) is 2.93. The van der Waals surface area contributed by atoms with Crippen LogP contribution in [0.2, 0.25) is 0 Å². The lowest BCUT2D eigenvalue weighted by Gasteiger charge is -2.02. The molecule has 1 rings (SSSR count). The van der Waals surface area contributed by atoms with Crippen LogP contribution in [-0.4, -0.2) is 12.5 Å². The van der Waals surface area contributed by atoms with Gasteiger partial charge in [-0.3, -0.25) is 0 Å². The summed E-state index contributed by atoms with van der Waals surface area (Å²) in [5, 5.41) is 0. The lowest BCUT2D eigenvalue weighted by Crippen LogP contribution is -1.95. The molecule has 0 amide bonds. The molecule has 1 aromatic carbocycles. The van der Waals surface area contributed by atoms with Crippen LogP contribution in [0.15, 0.2) is 30.3 Å². The molecule has 0 saturated heterocycles. The molecule has 1 aromatic rings. The van der Waals surface area contributed by atoms with Crippen molar-refractivity contribution < 1.29 is 4.74 Å². The molecule has 0 N–H and O–H groups in total. The predicted octanol–water partition coefficient (Wildman–Crippen LogP) is 3.22. The monoisotopic (exact) mass is 198 g/mol. The molecule has 0 aliphatic carbocycles. The molecule has 0 unspecified atom stereocenters. The fourth-order valence-corrected chi connectivity index (χ4v) is 1.25. The van der Waals surface area contributed by atoms with Crippen molar-refractivity contribution in [2.75, 3.05) is 12.5 Å². The number of alkyl halides is 1. The highest BCUT2D eigenvalue weighted by molar-refractivity contribution is 6.17. The summed E-state index contributed by atoms with van der Waals surface area (Å²) in [7, 11) is 0. The van der Waals surface area contributed by atoms with E-state index in [0.717, 1.165) is 25.3 Å². The maximum Gasteiger partial charge on any atom is 0.0716 e. The van der Waals surface area contributed by atoms with Crippen LogP contribution >= 0.6 is 11.6 Å². The Hall–Kier alpha value is -0.530. The number of hydrogen-bond donors (Lipinski definition) is 0.